The Labute approximate surface area is 168 Å². The zero-order chi connectivity index (χ0) is 22.0. The highest BCUT2D eigenvalue weighted by Crippen LogP contribution is 2.55. The average molecular weight is 468 g/mol. The van der Waals surface area contributed by atoms with Gasteiger partial charge in [-0.2, -0.15) is 4.57 Å². The SMILES string of the molecule is Cc1ncc(C[n+]2c(C(=O)O)sc(CCOP(=O)(O)OP(=O)([O-])O)c2C)c(N)n1. The number of aromatic nitrogens is 3. The second-order valence-electron chi connectivity index (χ2n) is 5.74. The van der Waals surface area contributed by atoms with Crippen LogP contribution in [0.3, 0.4) is 0 Å². The predicted molar refractivity (Wildman–Crippen MR) is 96.9 cm³/mol. The molecule has 0 amide bonds. The van der Waals surface area contributed by atoms with Gasteiger partial charge in [0.2, 0.25) is 0 Å². The Morgan fingerprint density at radius 2 is 2.03 bits per heavy atom. The van der Waals surface area contributed by atoms with E-state index in [9.17, 15) is 28.8 Å². The van der Waals surface area contributed by atoms with Crippen LogP contribution < -0.4 is 15.2 Å². The molecule has 0 fully saturated rings. The molecule has 2 heterocycles. The Kier molecular flexibility index (Phi) is 7.25. The molecule has 160 valence electrons. The molecule has 0 saturated carbocycles. The van der Waals surface area contributed by atoms with Crippen molar-refractivity contribution in [3.63, 3.8) is 0 Å². The van der Waals surface area contributed by atoms with Crippen LogP contribution in [0.5, 0.6) is 0 Å². The summed E-state index contributed by atoms with van der Waals surface area (Å²) in [7, 11) is -10.5. The number of nitrogen functional groups attached to an aromatic ring is 1. The number of phosphoric ester groups is 1. The summed E-state index contributed by atoms with van der Waals surface area (Å²) in [6.45, 7) is 2.92. The van der Waals surface area contributed by atoms with Crippen LogP contribution in [-0.2, 0) is 30.9 Å². The van der Waals surface area contributed by atoms with Crippen molar-refractivity contribution in [3.8, 4) is 0 Å². The van der Waals surface area contributed by atoms with Crippen molar-refractivity contribution in [2.45, 2.75) is 26.8 Å². The smallest absolute Gasteiger partial charge is 0.478 e. The van der Waals surface area contributed by atoms with E-state index in [1.165, 1.54) is 10.8 Å². The third-order valence-corrected chi connectivity index (χ3v) is 7.09. The van der Waals surface area contributed by atoms with Gasteiger partial charge in [-0.3, -0.25) is 9.09 Å². The van der Waals surface area contributed by atoms with Crippen molar-refractivity contribution in [1.29, 1.82) is 0 Å². The first-order valence-corrected chi connectivity index (χ1v) is 11.7. The fourth-order valence-electron chi connectivity index (χ4n) is 2.34. The van der Waals surface area contributed by atoms with Gasteiger partial charge in [0.1, 0.15) is 11.6 Å². The predicted octanol–water partition coefficient (Wildman–Crippen LogP) is -0.0921. The van der Waals surface area contributed by atoms with Crippen LogP contribution in [0.15, 0.2) is 6.20 Å². The molecule has 2 atom stereocenters. The molecule has 2 unspecified atom stereocenters. The number of thiazole rings is 1. The number of anilines is 1. The number of nitrogens with two attached hydrogens (primary N) is 1. The molecule has 0 aliphatic heterocycles. The normalized spacial score (nSPS) is 15.6. The lowest BCUT2D eigenvalue weighted by Crippen LogP contribution is -2.41. The molecule has 0 aliphatic rings. The van der Waals surface area contributed by atoms with E-state index >= 15 is 0 Å². The largest absolute Gasteiger partial charge is 0.756 e. The number of phosphoric acid groups is 2. The van der Waals surface area contributed by atoms with E-state index in [1.54, 1.807) is 13.8 Å². The highest BCUT2D eigenvalue weighted by molar-refractivity contribution is 7.60. The molecule has 0 radical (unpaired) electrons. The highest BCUT2D eigenvalue weighted by Gasteiger charge is 2.31. The minimum absolute atomic E-state index is 0.0217. The number of hydrogen-bond acceptors (Lipinski definition) is 10. The number of nitrogens with zero attached hydrogens (tertiary/aromatic N) is 3. The summed E-state index contributed by atoms with van der Waals surface area (Å²) < 4.78 is 31.5. The van der Waals surface area contributed by atoms with Gasteiger partial charge < -0.3 is 25.5 Å². The molecule has 0 spiro atoms. The average Bonchev–Trinajstić information content (AvgIpc) is 2.84. The summed E-state index contributed by atoms with van der Waals surface area (Å²) in [5.74, 6) is -0.516. The first-order chi connectivity index (χ1) is 13.3. The van der Waals surface area contributed by atoms with E-state index in [0.29, 0.717) is 22.0 Å². The van der Waals surface area contributed by atoms with E-state index in [4.69, 9.17) is 10.6 Å². The minimum Gasteiger partial charge on any atom is -0.756 e. The summed E-state index contributed by atoms with van der Waals surface area (Å²) in [6, 6.07) is 0. The number of rotatable bonds is 9. The van der Waals surface area contributed by atoms with Crippen molar-refractivity contribution in [1.82, 2.24) is 9.97 Å². The molecule has 0 aliphatic carbocycles. The maximum Gasteiger partial charge on any atom is 0.478 e. The molecule has 5 N–H and O–H groups in total. The van der Waals surface area contributed by atoms with E-state index in [-0.39, 0.29) is 23.8 Å². The van der Waals surface area contributed by atoms with Crippen LogP contribution >= 0.6 is 27.0 Å². The topological polar surface area (TPSA) is 209 Å². The lowest BCUT2D eigenvalue weighted by atomic mass is 10.2. The van der Waals surface area contributed by atoms with E-state index in [0.717, 1.165) is 11.3 Å². The molecule has 29 heavy (non-hydrogen) atoms. The Balaban J connectivity index is 2.20. The second-order valence-corrected chi connectivity index (χ2v) is 9.61. The number of aromatic carboxylic acids is 1. The molecule has 2 rings (SSSR count). The monoisotopic (exact) mass is 468 g/mol. The Bertz CT molecular complexity index is 1020. The van der Waals surface area contributed by atoms with Gasteiger partial charge in [-0.05, 0) is 6.92 Å². The van der Waals surface area contributed by atoms with Crippen molar-refractivity contribution >= 4 is 38.8 Å². The van der Waals surface area contributed by atoms with Gasteiger partial charge >= 0.3 is 18.8 Å². The molecule has 16 heteroatoms. The third-order valence-electron chi connectivity index (χ3n) is 3.59. The lowest BCUT2D eigenvalue weighted by molar-refractivity contribution is -0.691. The van der Waals surface area contributed by atoms with Gasteiger partial charge in [0.05, 0.1) is 17.0 Å². The zero-order valence-corrected chi connectivity index (χ0v) is 17.8. The molecule has 13 nitrogen and oxygen atoms in total. The molecule has 0 bridgehead atoms. The molecule has 2 aromatic rings. The number of aryl methyl sites for hydroxylation is 1. The van der Waals surface area contributed by atoms with Crippen LogP contribution in [0.4, 0.5) is 5.82 Å². The number of carboxylic acids is 1. The van der Waals surface area contributed by atoms with Crippen LogP contribution in [0, 0.1) is 13.8 Å². The number of hydrogen-bond donors (Lipinski definition) is 4. The maximum absolute atomic E-state index is 11.6. The van der Waals surface area contributed by atoms with Gasteiger partial charge in [-0.1, -0.05) is 11.3 Å². The van der Waals surface area contributed by atoms with E-state index in [2.05, 4.69) is 18.8 Å². The van der Waals surface area contributed by atoms with Crippen molar-refractivity contribution in [2.24, 2.45) is 0 Å². The Hall–Kier alpha value is -1.76. The van der Waals surface area contributed by atoms with Gasteiger partial charge in [0, 0.05) is 19.5 Å². The fraction of sp³-hybridized carbons (Fsp3) is 0.385. The lowest BCUT2D eigenvalue weighted by Gasteiger charge is -2.18. The first kappa shape index (κ1) is 23.5. The zero-order valence-electron chi connectivity index (χ0n) is 15.2. The number of carboxylic acid groups (broad SMARTS) is 1. The van der Waals surface area contributed by atoms with Gasteiger partial charge in [-0.15, -0.1) is 0 Å². The summed E-state index contributed by atoms with van der Waals surface area (Å²) in [5, 5.41) is 9.45. The first-order valence-electron chi connectivity index (χ1n) is 7.85. The molecule has 0 aromatic carbocycles. The highest BCUT2D eigenvalue weighted by atomic mass is 32.1. The summed E-state index contributed by atoms with van der Waals surface area (Å²) in [6.07, 6.45) is 1.47. The fourth-order valence-corrected chi connectivity index (χ4v) is 4.97. The van der Waals surface area contributed by atoms with Crippen molar-refractivity contribution < 1.29 is 47.1 Å². The van der Waals surface area contributed by atoms with Crippen LogP contribution in [0.2, 0.25) is 0 Å². The van der Waals surface area contributed by atoms with E-state index in [1.807, 2.05) is 0 Å². The van der Waals surface area contributed by atoms with E-state index < -0.39 is 28.2 Å². The van der Waals surface area contributed by atoms with Crippen LogP contribution in [0.1, 0.15) is 31.8 Å². The van der Waals surface area contributed by atoms with Crippen LogP contribution in [0.25, 0.3) is 0 Å². The molecule has 0 saturated heterocycles. The Morgan fingerprint density at radius 3 is 2.59 bits per heavy atom. The summed E-state index contributed by atoms with van der Waals surface area (Å²) >= 11 is 0.910. The summed E-state index contributed by atoms with van der Waals surface area (Å²) in [5.41, 5.74) is 6.90. The molecular weight excluding hydrogens is 450 g/mol. The van der Waals surface area contributed by atoms with Crippen LogP contribution in [-0.4, -0.2) is 37.4 Å². The van der Waals surface area contributed by atoms with Gasteiger partial charge in [0.25, 0.3) is 7.82 Å². The van der Waals surface area contributed by atoms with Gasteiger partial charge in [-0.25, -0.2) is 23.6 Å². The maximum atomic E-state index is 11.6. The summed E-state index contributed by atoms with van der Waals surface area (Å²) in [4.78, 5) is 48.4. The molecular formula is C13H18N4O9P2S. The minimum atomic E-state index is -5.46. The number of carbonyl (C=O) groups is 1. The van der Waals surface area contributed by atoms with Crippen molar-refractivity contribution in [2.75, 3.05) is 12.3 Å². The van der Waals surface area contributed by atoms with Crippen molar-refractivity contribution in [3.05, 3.63) is 33.2 Å². The third kappa shape index (κ3) is 6.63. The quantitative estimate of drug-likeness (QED) is 0.281. The molecule has 2 aromatic heterocycles. The van der Waals surface area contributed by atoms with Gasteiger partial charge in [0.15, 0.2) is 12.2 Å². The Morgan fingerprint density at radius 1 is 1.38 bits per heavy atom. The second kappa shape index (κ2) is 8.94. The standard InChI is InChI=1S/C13H18N4O9P2S/c1-7-10(3-4-25-28(23,24)26-27(20,21)22)29-12(13(18)19)17(7)6-9-5-15-8(2)16-11(9)14/h5H,3-4,6H2,1-2H3,(H5-,14,15,16,18,19,20,21,22,23,24).